The minimum atomic E-state index is -2.60. The number of nitrogens with zero attached hydrogens (tertiary/aromatic N) is 1. The quantitative estimate of drug-likeness (QED) is 0.693. The van der Waals surface area contributed by atoms with Crippen molar-refractivity contribution in [2.24, 2.45) is 0 Å². The van der Waals surface area contributed by atoms with Crippen LogP contribution in [-0.2, 0) is 9.73 Å². The standard InChI is InChI=1S/C7H10N2OS/c1-6-7(11(2,8)10)4-3-5-9-6/h3-5,8H,1-2H3/t11-/m1/s1. The summed E-state index contributed by atoms with van der Waals surface area (Å²) in [5.41, 5.74) is 0.676. The molecule has 0 aromatic carbocycles. The fourth-order valence-electron chi connectivity index (χ4n) is 0.881. The first kappa shape index (κ1) is 8.20. The molecule has 1 atom stereocenters. The molecule has 1 heterocycles. The maximum absolute atomic E-state index is 11.2. The molecule has 0 radical (unpaired) electrons. The molecule has 0 bridgehead atoms. The number of nitrogens with one attached hydrogen (secondary N) is 1. The zero-order valence-corrected chi connectivity index (χ0v) is 7.31. The van der Waals surface area contributed by atoms with Gasteiger partial charge in [-0.15, -0.1) is 0 Å². The monoisotopic (exact) mass is 170 g/mol. The molecule has 60 valence electrons. The molecule has 1 aromatic rings. The van der Waals surface area contributed by atoms with E-state index in [1.54, 1.807) is 25.3 Å². The minimum absolute atomic E-state index is 0.528. The van der Waals surface area contributed by atoms with Crippen LogP contribution >= 0.6 is 0 Å². The van der Waals surface area contributed by atoms with Crippen LogP contribution in [0, 0.1) is 11.7 Å². The van der Waals surface area contributed by atoms with Gasteiger partial charge in [0.1, 0.15) is 0 Å². The van der Waals surface area contributed by atoms with E-state index in [9.17, 15) is 4.21 Å². The van der Waals surface area contributed by atoms with Gasteiger partial charge >= 0.3 is 0 Å². The molecule has 0 saturated heterocycles. The minimum Gasteiger partial charge on any atom is -0.260 e. The number of pyridine rings is 1. The average molecular weight is 170 g/mol. The number of rotatable bonds is 1. The van der Waals surface area contributed by atoms with E-state index < -0.39 is 9.73 Å². The van der Waals surface area contributed by atoms with E-state index in [-0.39, 0.29) is 0 Å². The van der Waals surface area contributed by atoms with E-state index in [0.29, 0.717) is 10.6 Å². The van der Waals surface area contributed by atoms with E-state index in [0.717, 1.165) is 0 Å². The summed E-state index contributed by atoms with van der Waals surface area (Å²) < 4.78 is 18.5. The third-order valence-electron chi connectivity index (χ3n) is 1.38. The van der Waals surface area contributed by atoms with E-state index in [1.807, 2.05) is 0 Å². The average Bonchev–Trinajstić information content (AvgIpc) is 1.86. The van der Waals surface area contributed by atoms with Crippen LogP contribution in [0.4, 0.5) is 0 Å². The van der Waals surface area contributed by atoms with Gasteiger partial charge in [-0.1, -0.05) is 0 Å². The Balaban J connectivity index is 3.37. The summed E-state index contributed by atoms with van der Waals surface area (Å²) in [5.74, 6) is 0. The maximum Gasteiger partial charge on any atom is 0.0714 e. The van der Waals surface area contributed by atoms with Gasteiger partial charge in [-0.3, -0.25) is 4.98 Å². The lowest BCUT2D eigenvalue weighted by molar-refractivity contribution is 0.678. The molecule has 1 aromatic heterocycles. The Morgan fingerprint density at radius 2 is 2.27 bits per heavy atom. The molecule has 0 unspecified atom stereocenters. The van der Waals surface area contributed by atoms with Crippen LogP contribution < -0.4 is 0 Å². The molecule has 1 rings (SSSR count). The van der Waals surface area contributed by atoms with Gasteiger partial charge in [-0.2, -0.15) is 0 Å². The molecule has 1 N–H and O–H groups in total. The Morgan fingerprint density at radius 3 is 2.64 bits per heavy atom. The predicted molar refractivity (Wildman–Crippen MR) is 44.0 cm³/mol. The molecular formula is C7H10N2OS. The molecule has 3 nitrogen and oxygen atoms in total. The van der Waals surface area contributed by atoms with Gasteiger partial charge in [0.15, 0.2) is 0 Å². The summed E-state index contributed by atoms with van der Waals surface area (Å²) in [6.07, 6.45) is 3.03. The first-order valence-electron chi connectivity index (χ1n) is 3.17. The van der Waals surface area contributed by atoms with Crippen molar-refractivity contribution in [2.75, 3.05) is 6.26 Å². The summed E-state index contributed by atoms with van der Waals surface area (Å²) in [4.78, 5) is 4.47. The van der Waals surface area contributed by atoms with Crippen LogP contribution in [0.5, 0.6) is 0 Å². The fraction of sp³-hybridized carbons (Fsp3) is 0.286. The van der Waals surface area contributed by atoms with Gasteiger partial charge in [-0.05, 0) is 19.1 Å². The number of hydrogen-bond acceptors (Lipinski definition) is 3. The number of aryl methyl sites for hydroxylation is 1. The smallest absolute Gasteiger partial charge is 0.0714 e. The normalized spacial score (nSPS) is 15.8. The first-order chi connectivity index (χ1) is 5.02. The molecule has 4 heteroatoms. The van der Waals surface area contributed by atoms with Crippen molar-refractivity contribution in [2.45, 2.75) is 11.8 Å². The summed E-state index contributed by atoms with van der Waals surface area (Å²) >= 11 is 0. The van der Waals surface area contributed by atoms with Crippen molar-refractivity contribution in [3.05, 3.63) is 24.0 Å². The molecule has 0 fully saturated rings. The molecular weight excluding hydrogens is 160 g/mol. The highest BCUT2D eigenvalue weighted by Gasteiger charge is 2.05. The molecule has 0 aliphatic carbocycles. The molecule has 11 heavy (non-hydrogen) atoms. The molecule has 0 saturated carbocycles. The van der Waals surface area contributed by atoms with E-state index in [4.69, 9.17) is 4.78 Å². The summed E-state index contributed by atoms with van der Waals surface area (Å²) in [5, 5.41) is 0. The zero-order chi connectivity index (χ0) is 8.48. The van der Waals surface area contributed by atoms with E-state index >= 15 is 0 Å². The van der Waals surface area contributed by atoms with Gasteiger partial charge in [0.05, 0.1) is 20.3 Å². The fourth-order valence-corrected chi connectivity index (χ4v) is 1.84. The van der Waals surface area contributed by atoms with Crippen molar-refractivity contribution in [1.29, 1.82) is 4.78 Å². The SMILES string of the molecule is Cc1ncccc1[S@](C)(=N)=O. The Kier molecular flexibility index (Phi) is 1.95. The van der Waals surface area contributed by atoms with Gasteiger partial charge < -0.3 is 0 Å². The Morgan fingerprint density at radius 1 is 1.64 bits per heavy atom. The summed E-state index contributed by atoms with van der Waals surface area (Å²) in [6.45, 7) is 1.76. The van der Waals surface area contributed by atoms with Crippen molar-refractivity contribution in [1.82, 2.24) is 4.98 Å². The highest BCUT2D eigenvalue weighted by Crippen LogP contribution is 2.11. The summed E-state index contributed by atoms with van der Waals surface area (Å²) in [6, 6.07) is 3.37. The molecule has 0 spiro atoms. The molecule has 0 amide bonds. The summed E-state index contributed by atoms with van der Waals surface area (Å²) in [7, 11) is -2.60. The second-order valence-corrected chi connectivity index (χ2v) is 4.56. The predicted octanol–water partition coefficient (Wildman–Crippen LogP) is 1.43. The van der Waals surface area contributed by atoms with E-state index in [1.165, 1.54) is 6.26 Å². The maximum atomic E-state index is 11.2. The van der Waals surface area contributed by atoms with Crippen LogP contribution in [0.15, 0.2) is 23.2 Å². The lowest BCUT2D eigenvalue weighted by atomic mass is 10.4. The lowest BCUT2D eigenvalue weighted by Crippen LogP contribution is -1.98. The van der Waals surface area contributed by atoms with Gasteiger partial charge in [0.2, 0.25) is 0 Å². The Bertz CT molecular complexity index is 356. The van der Waals surface area contributed by atoms with Gasteiger partial charge in [-0.25, -0.2) is 8.99 Å². The van der Waals surface area contributed by atoms with Crippen molar-refractivity contribution < 1.29 is 4.21 Å². The third-order valence-corrected chi connectivity index (χ3v) is 2.65. The van der Waals surface area contributed by atoms with Crippen LogP contribution in [-0.4, -0.2) is 15.4 Å². The highest BCUT2D eigenvalue weighted by atomic mass is 32.2. The largest absolute Gasteiger partial charge is 0.260 e. The van der Waals surface area contributed by atoms with Crippen molar-refractivity contribution in [3.63, 3.8) is 0 Å². The number of hydrogen-bond donors (Lipinski definition) is 1. The second-order valence-electron chi connectivity index (χ2n) is 2.43. The first-order valence-corrected chi connectivity index (χ1v) is 5.14. The van der Waals surface area contributed by atoms with Crippen LogP contribution in [0.2, 0.25) is 0 Å². The second kappa shape index (κ2) is 2.62. The third kappa shape index (κ3) is 1.77. The zero-order valence-electron chi connectivity index (χ0n) is 6.50. The topological polar surface area (TPSA) is 53.8 Å². The highest BCUT2D eigenvalue weighted by molar-refractivity contribution is 7.91. The van der Waals surface area contributed by atoms with E-state index in [2.05, 4.69) is 4.98 Å². The van der Waals surface area contributed by atoms with Gasteiger partial charge in [0, 0.05) is 12.5 Å². The van der Waals surface area contributed by atoms with Crippen molar-refractivity contribution >= 4 is 9.73 Å². The van der Waals surface area contributed by atoms with Crippen molar-refractivity contribution in [3.8, 4) is 0 Å². The lowest BCUT2D eigenvalue weighted by Gasteiger charge is -2.02. The molecule has 0 aliphatic rings. The molecule has 0 aliphatic heterocycles. The van der Waals surface area contributed by atoms with Crippen LogP contribution in [0.1, 0.15) is 5.69 Å². The Labute approximate surface area is 66.4 Å². The van der Waals surface area contributed by atoms with Crippen LogP contribution in [0.3, 0.4) is 0 Å². The Hall–Kier alpha value is -0.900. The van der Waals surface area contributed by atoms with Crippen LogP contribution in [0.25, 0.3) is 0 Å². The van der Waals surface area contributed by atoms with Gasteiger partial charge in [0.25, 0.3) is 0 Å². The number of aromatic nitrogens is 1.